The van der Waals surface area contributed by atoms with E-state index in [0.717, 1.165) is 23.9 Å². The van der Waals surface area contributed by atoms with Crippen molar-refractivity contribution in [1.82, 2.24) is 5.32 Å². The van der Waals surface area contributed by atoms with Crippen molar-refractivity contribution in [3.63, 3.8) is 0 Å². The first-order valence-corrected chi connectivity index (χ1v) is 8.67. The molecular weight excluding hydrogens is 298 g/mol. The zero-order valence-electron chi connectivity index (χ0n) is 12.6. The molecule has 0 aromatic heterocycles. The lowest BCUT2D eigenvalue weighted by Crippen LogP contribution is -2.19. The van der Waals surface area contributed by atoms with Crippen LogP contribution in [0.15, 0.2) is 53.4 Å². The van der Waals surface area contributed by atoms with Gasteiger partial charge < -0.3 is 5.32 Å². The van der Waals surface area contributed by atoms with Gasteiger partial charge in [-0.15, -0.1) is 11.8 Å². The SMILES string of the molecule is CC(C)CNCc1ccc(SCc2ccccc2)cc1Cl. The second-order valence-electron chi connectivity index (χ2n) is 5.55. The summed E-state index contributed by atoms with van der Waals surface area (Å²) in [5, 5.41) is 4.28. The van der Waals surface area contributed by atoms with Crippen molar-refractivity contribution in [2.24, 2.45) is 5.92 Å². The molecular formula is C18H22ClNS. The molecule has 0 radical (unpaired) electrons. The Hall–Kier alpha value is -0.960. The van der Waals surface area contributed by atoms with E-state index in [-0.39, 0.29) is 0 Å². The monoisotopic (exact) mass is 319 g/mol. The van der Waals surface area contributed by atoms with Crippen LogP contribution >= 0.6 is 23.4 Å². The fraction of sp³-hybridized carbons (Fsp3) is 0.333. The summed E-state index contributed by atoms with van der Waals surface area (Å²) in [7, 11) is 0. The van der Waals surface area contributed by atoms with E-state index < -0.39 is 0 Å². The molecule has 3 heteroatoms. The molecule has 1 nitrogen and oxygen atoms in total. The Morgan fingerprint density at radius 2 is 1.86 bits per heavy atom. The summed E-state index contributed by atoms with van der Waals surface area (Å²) in [5.74, 6) is 1.63. The van der Waals surface area contributed by atoms with Crippen molar-refractivity contribution in [3.05, 3.63) is 64.7 Å². The Bertz CT molecular complexity index is 554. The number of hydrogen-bond acceptors (Lipinski definition) is 2. The molecule has 2 rings (SSSR count). The molecule has 0 heterocycles. The molecule has 2 aromatic rings. The molecule has 0 aliphatic heterocycles. The van der Waals surface area contributed by atoms with Crippen LogP contribution in [0, 0.1) is 5.92 Å². The lowest BCUT2D eigenvalue weighted by molar-refractivity contribution is 0.552. The average molecular weight is 320 g/mol. The largest absolute Gasteiger partial charge is 0.312 e. The van der Waals surface area contributed by atoms with Crippen molar-refractivity contribution in [3.8, 4) is 0 Å². The summed E-state index contributed by atoms with van der Waals surface area (Å²) in [4.78, 5) is 1.22. The summed E-state index contributed by atoms with van der Waals surface area (Å²) in [6.07, 6.45) is 0. The van der Waals surface area contributed by atoms with Crippen LogP contribution in [0.25, 0.3) is 0 Å². The van der Waals surface area contributed by atoms with E-state index in [0.29, 0.717) is 5.92 Å². The van der Waals surface area contributed by atoms with E-state index in [9.17, 15) is 0 Å². The van der Waals surface area contributed by atoms with E-state index in [1.807, 2.05) is 17.8 Å². The van der Waals surface area contributed by atoms with Gasteiger partial charge in [-0.3, -0.25) is 0 Å². The second-order valence-corrected chi connectivity index (χ2v) is 7.01. The highest BCUT2D eigenvalue weighted by atomic mass is 35.5. The maximum absolute atomic E-state index is 6.37. The maximum atomic E-state index is 6.37. The van der Waals surface area contributed by atoms with Crippen molar-refractivity contribution < 1.29 is 0 Å². The molecule has 21 heavy (non-hydrogen) atoms. The molecule has 112 valence electrons. The lowest BCUT2D eigenvalue weighted by atomic mass is 10.2. The number of halogens is 1. The molecule has 0 unspecified atom stereocenters. The van der Waals surface area contributed by atoms with Crippen molar-refractivity contribution >= 4 is 23.4 Å². The highest BCUT2D eigenvalue weighted by Gasteiger charge is 2.03. The molecule has 0 atom stereocenters. The molecule has 2 aromatic carbocycles. The standard InChI is InChI=1S/C18H22ClNS/c1-14(2)11-20-12-16-8-9-17(10-18(16)19)21-13-15-6-4-3-5-7-15/h3-10,14,20H,11-13H2,1-2H3. The first-order chi connectivity index (χ1) is 10.1. The first kappa shape index (κ1) is 16.4. The lowest BCUT2D eigenvalue weighted by Gasteiger charge is -2.10. The zero-order valence-corrected chi connectivity index (χ0v) is 14.2. The quantitative estimate of drug-likeness (QED) is 0.688. The van der Waals surface area contributed by atoms with Gasteiger partial charge in [-0.05, 0) is 35.7 Å². The third kappa shape index (κ3) is 5.74. The summed E-state index contributed by atoms with van der Waals surface area (Å²) in [6.45, 7) is 6.26. The van der Waals surface area contributed by atoms with Crippen LogP contribution in [0.4, 0.5) is 0 Å². The number of rotatable bonds is 7. The van der Waals surface area contributed by atoms with Gasteiger partial charge in [-0.25, -0.2) is 0 Å². The van der Waals surface area contributed by atoms with Gasteiger partial charge in [-0.2, -0.15) is 0 Å². The fourth-order valence-electron chi connectivity index (χ4n) is 2.00. The van der Waals surface area contributed by atoms with Crippen LogP contribution in [-0.4, -0.2) is 6.54 Å². The summed E-state index contributed by atoms with van der Waals surface area (Å²) in [5.41, 5.74) is 2.50. The third-order valence-electron chi connectivity index (χ3n) is 3.14. The number of nitrogens with one attached hydrogen (secondary N) is 1. The van der Waals surface area contributed by atoms with Gasteiger partial charge in [0.25, 0.3) is 0 Å². The van der Waals surface area contributed by atoms with Crippen LogP contribution in [-0.2, 0) is 12.3 Å². The van der Waals surface area contributed by atoms with Gasteiger partial charge in [0.1, 0.15) is 0 Å². The van der Waals surface area contributed by atoms with Crippen LogP contribution in [0.3, 0.4) is 0 Å². The van der Waals surface area contributed by atoms with Gasteiger partial charge in [0, 0.05) is 22.2 Å². The van der Waals surface area contributed by atoms with Gasteiger partial charge >= 0.3 is 0 Å². The van der Waals surface area contributed by atoms with Gasteiger partial charge in [-0.1, -0.05) is 61.8 Å². The Balaban J connectivity index is 1.89. The van der Waals surface area contributed by atoms with Crippen LogP contribution in [0.2, 0.25) is 5.02 Å². The highest BCUT2D eigenvalue weighted by molar-refractivity contribution is 7.98. The van der Waals surface area contributed by atoms with Crippen molar-refractivity contribution in [1.29, 1.82) is 0 Å². The Morgan fingerprint density at radius 1 is 1.10 bits per heavy atom. The van der Waals surface area contributed by atoms with E-state index in [4.69, 9.17) is 11.6 Å². The van der Waals surface area contributed by atoms with Gasteiger partial charge in [0.15, 0.2) is 0 Å². The molecule has 0 saturated carbocycles. The Morgan fingerprint density at radius 3 is 2.52 bits per heavy atom. The minimum absolute atomic E-state index is 0.657. The van der Waals surface area contributed by atoms with Crippen LogP contribution < -0.4 is 5.32 Å². The molecule has 0 saturated heterocycles. The minimum atomic E-state index is 0.657. The van der Waals surface area contributed by atoms with E-state index in [1.54, 1.807) is 0 Å². The first-order valence-electron chi connectivity index (χ1n) is 7.31. The predicted octanol–water partition coefficient (Wildman–Crippen LogP) is 5.38. The zero-order chi connectivity index (χ0) is 15.1. The van der Waals surface area contributed by atoms with Crippen LogP contribution in [0.5, 0.6) is 0 Å². The molecule has 0 amide bonds. The third-order valence-corrected chi connectivity index (χ3v) is 4.56. The summed E-state index contributed by atoms with van der Waals surface area (Å²) < 4.78 is 0. The molecule has 0 fully saturated rings. The normalized spacial score (nSPS) is 11.0. The average Bonchev–Trinajstić information content (AvgIpc) is 2.48. The maximum Gasteiger partial charge on any atom is 0.0462 e. The summed E-state index contributed by atoms with van der Waals surface area (Å²) in [6, 6.07) is 16.9. The molecule has 0 aliphatic rings. The number of benzene rings is 2. The molecule has 0 spiro atoms. The molecule has 0 bridgehead atoms. The van der Waals surface area contributed by atoms with Crippen LogP contribution in [0.1, 0.15) is 25.0 Å². The van der Waals surface area contributed by atoms with E-state index in [2.05, 4.69) is 61.6 Å². The highest BCUT2D eigenvalue weighted by Crippen LogP contribution is 2.27. The van der Waals surface area contributed by atoms with Gasteiger partial charge in [0.2, 0.25) is 0 Å². The van der Waals surface area contributed by atoms with Crippen molar-refractivity contribution in [2.45, 2.75) is 31.0 Å². The predicted molar refractivity (Wildman–Crippen MR) is 94.0 cm³/mol. The van der Waals surface area contributed by atoms with Crippen molar-refractivity contribution in [2.75, 3.05) is 6.54 Å². The minimum Gasteiger partial charge on any atom is -0.312 e. The Kier molecular flexibility index (Phi) is 6.62. The van der Waals surface area contributed by atoms with E-state index >= 15 is 0 Å². The molecule has 1 N–H and O–H groups in total. The van der Waals surface area contributed by atoms with E-state index in [1.165, 1.54) is 16.0 Å². The Labute approximate surface area is 137 Å². The summed E-state index contributed by atoms with van der Waals surface area (Å²) >= 11 is 8.19. The second kappa shape index (κ2) is 8.47. The fourth-order valence-corrected chi connectivity index (χ4v) is 3.20. The number of hydrogen-bond donors (Lipinski definition) is 1. The molecule has 0 aliphatic carbocycles. The van der Waals surface area contributed by atoms with Gasteiger partial charge in [0.05, 0.1) is 0 Å². The number of thioether (sulfide) groups is 1. The smallest absolute Gasteiger partial charge is 0.0462 e. The topological polar surface area (TPSA) is 12.0 Å².